The molecule has 1 atom stereocenters. The number of rotatable bonds is 3. The van der Waals surface area contributed by atoms with Gasteiger partial charge < -0.3 is 4.74 Å². The van der Waals surface area contributed by atoms with Gasteiger partial charge in [0.1, 0.15) is 11.9 Å². The maximum atomic E-state index is 6.04. The van der Waals surface area contributed by atoms with Crippen LogP contribution in [0.1, 0.15) is 26.7 Å². The molecule has 94 valence electrons. The quantitative estimate of drug-likeness (QED) is 0.843. The third-order valence-electron chi connectivity index (χ3n) is 3.24. The average molecular weight is 298 g/mol. The smallest absolute Gasteiger partial charge is 0.120 e. The Bertz CT molecular complexity index is 367. The number of benzene rings is 1. The maximum Gasteiger partial charge on any atom is 0.120 e. The van der Waals surface area contributed by atoms with Crippen LogP contribution < -0.4 is 4.74 Å². The molecule has 1 aliphatic heterocycles. The average Bonchev–Trinajstić information content (AvgIpc) is 2.29. The zero-order valence-corrected chi connectivity index (χ0v) is 12.1. The first-order valence-corrected chi connectivity index (χ1v) is 7.11. The molecule has 0 aromatic heterocycles. The van der Waals surface area contributed by atoms with Gasteiger partial charge in [0.05, 0.1) is 0 Å². The van der Waals surface area contributed by atoms with Crippen LogP contribution in [-0.4, -0.2) is 30.1 Å². The Morgan fingerprint density at radius 2 is 2.24 bits per heavy atom. The van der Waals surface area contributed by atoms with Crippen molar-refractivity contribution < 1.29 is 4.74 Å². The molecule has 3 heteroatoms. The number of nitrogens with zero attached hydrogens (tertiary/aromatic N) is 1. The lowest BCUT2D eigenvalue weighted by Gasteiger charge is -2.35. The second kappa shape index (κ2) is 5.87. The van der Waals surface area contributed by atoms with Crippen LogP contribution in [0.15, 0.2) is 28.7 Å². The summed E-state index contributed by atoms with van der Waals surface area (Å²) >= 11 is 3.47. The van der Waals surface area contributed by atoms with Crippen molar-refractivity contribution in [1.29, 1.82) is 0 Å². The van der Waals surface area contributed by atoms with E-state index in [1.807, 2.05) is 24.3 Å². The van der Waals surface area contributed by atoms with Gasteiger partial charge in [0.2, 0.25) is 0 Å². The number of hydrogen-bond donors (Lipinski definition) is 0. The molecule has 1 aromatic rings. The van der Waals surface area contributed by atoms with E-state index in [2.05, 4.69) is 34.7 Å². The highest BCUT2D eigenvalue weighted by atomic mass is 79.9. The van der Waals surface area contributed by atoms with Crippen LogP contribution in [0.4, 0.5) is 0 Å². The van der Waals surface area contributed by atoms with Gasteiger partial charge in [-0.25, -0.2) is 0 Å². The monoisotopic (exact) mass is 297 g/mol. The van der Waals surface area contributed by atoms with Crippen LogP contribution in [0, 0.1) is 0 Å². The lowest BCUT2D eigenvalue weighted by molar-refractivity contribution is 0.0706. The van der Waals surface area contributed by atoms with Crippen molar-refractivity contribution in [1.82, 2.24) is 4.90 Å². The Hall–Kier alpha value is -0.540. The summed E-state index contributed by atoms with van der Waals surface area (Å²) in [5.41, 5.74) is 0. The van der Waals surface area contributed by atoms with E-state index in [9.17, 15) is 0 Å². The van der Waals surface area contributed by atoms with Crippen LogP contribution in [0.25, 0.3) is 0 Å². The molecule has 0 spiro atoms. The third kappa shape index (κ3) is 3.71. The minimum atomic E-state index is 0.334. The summed E-state index contributed by atoms with van der Waals surface area (Å²) in [5.74, 6) is 0.968. The van der Waals surface area contributed by atoms with E-state index in [1.165, 1.54) is 13.0 Å². The highest BCUT2D eigenvalue weighted by Crippen LogP contribution is 2.22. The Morgan fingerprint density at radius 1 is 1.41 bits per heavy atom. The van der Waals surface area contributed by atoms with Crippen molar-refractivity contribution >= 4 is 15.9 Å². The molecule has 1 unspecified atom stereocenters. The summed E-state index contributed by atoms with van der Waals surface area (Å²) in [6, 6.07) is 8.72. The van der Waals surface area contributed by atoms with Crippen LogP contribution in [0.2, 0.25) is 0 Å². The molecule has 1 aromatic carbocycles. The molecule has 0 bridgehead atoms. The molecule has 1 fully saturated rings. The Balaban J connectivity index is 1.94. The van der Waals surface area contributed by atoms with Crippen molar-refractivity contribution in [2.75, 3.05) is 13.1 Å². The topological polar surface area (TPSA) is 12.5 Å². The van der Waals surface area contributed by atoms with E-state index in [-0.39, 0.29) is 0 Å². The number of hydrogen-bond acceptors (Lipinski definition) is 2. The molecule has 0 amide bonds. The van der Waals surface area contributed by atoms with Crippen molar-refractivity contribution in [3.8, 4) is 5.75 Å². The molecule has 0 radical (unpaired) electrons. The molecule has 1 aliphatic rings. The fourth-order valence-electron chi connectivity index (χ4n) is 2.26. The van der Waals surface area contributed by atoms with Crippen molar-refractivity contribution in [3.63, 3.8) is 0 Å². The minimum absolute atomic E-state index is 0.334. The molecule has 2 nitrogen and oxygen atoms in total. The fourth-order valence-corrected chi connectivity index (χ4v) is 2.64. The number of halogens is 1. The first kappa shape index (κ1) is 12.9. The molecule has 17 heavy (non-hydrogen) atoms. The van der Waals surface area contributed by atoms with Crippen molar-refractivity contribution in [2.24, 2.45) is 0 Å². The van der Waals surface area contributed by atoms with Gasteiger partial charge in [-0.3, -0.25) is 4.90 Å². The van der Waals surface area contributed by atoms with Gasteiger partial charge in [0.25, 0.3) is 0 Å². The maximum absolute atomic E-state index is 6.04. The number of ether oxygens (including phenoxy) is 1. The van der Waals surface area contributed by atoms with Crippen molar-refractivity contribution in [3.05, 3.63) is 28.7 Å². The van der Waals surface area contributed by atoms with Crippen LogP contribution >= 0.6 is 15.9 Å². The highest BCUT2D eigenvalue weighted by molar-refractivity contribution is 9.10. The molecular formula is C14H20BrNO. The molecule has 2 rings (SSSR count). The molecule has 1 heterocycles. The SMILES string of the molecule is CC(C)N1CCCC(Oc2cccc(Br)c2)C1. The zero-order chi connectivity index (χ0) is 12.3. The van der Waals surface area contributed by atoms with Gasteiger partial charge >= 0.3 is 0 Å². The second-order valence-corrected chi connectivity index (χ2v) is 5.84. The zero-order valence-electron chi connectivity index (χ0n) is 10.5. The summed E-state index contributed by atoms with van der Waals surface area (Å²) in [6.07, 6.45) is 2.73. The highest BCUT2D eigenvalue weighted by Gasteiger charge is 2.22. The number of piperidine rings is 1. The fraction of sp³-hybridized carbons (Fsp3) is 0.571. The van der Waals surface area contributed by atoms with E-state index >= 15 is 0 Å². The molecule has 0 saturated carbocycles. The van der Waals surface area contributed by atoms with E-state index in [0.29, 0.717) is 12.1 Å². The largest absolute Gasteiger partial charge is 0.489 e. The van der Waals surface area contributed by atoms with E-state index < -0.39 is 0 Å². The lowest BCUT2D eigenvalue weighted by atomic mass is 10.1. The van der Waals surface area contributed by atoms with Gasteiger partial charge in [-0.2, -0.15) is 0 Å². The normalized spacial score (nSPS) is 21.8. The van der Waals surface area contributed by atoms with E-state index in [0.717, 1.165) is 23.2 Å². The Morgan fingerprint density at radius 3 is 2.94 bits per heavy atom. The Labute approximate surface area is 112 Å². The first-order chi connectivity index (χ1) is 8.15. The molecule has 0 aliphatic carbocycles. The molecule has 0 N–H and O–H groups in total. The van der Waals surface area contributed by atoms with Crippen LogP contribution in [-0.2, 0) is 0 Å². The summed E-state index contributed by atoms with van der Waals surface area (Å²) < 4.78 is 7.12. The lowest BCUT2D eigenvalue weighted by Crippen LogP contribution is -2.44. The summed E-state index contributed by atoms with van der Waals surface area (Å²) in [5, 5.41) is 0. The van der Waals surface area contributed by atoms with Crippen LogP contribution in [0.5, 0.6) is 5.75 Å². The molecule has 1 saturated heterocycles. The summed E-state index contributed by atoms with van der Waals surface area (Å²) in [7, 11) is 0. The van der Waals surface area contributed by atoms with Crippen LogP contribution in [0.3, 0.4) is 0 Å². The van der Waals surface area contributed by atoms with Gasteiger partial charge in [0, 0.05) is 17.1 Å². The summed E-state index contributed by atoms with van der Waals surface area (Å²) in [4.78, 5) is 2.49. The van der Waals surface area contributed by atoms with Gasteiger partial charge in [-0.1, -0.05) is 22.0 Å². The predicted octanol–water partition coefficient (Wildman–Crippen LogP) is 3.70. The first-order valence-electron chi connectivity index (χ1n) is 6.31. The van der Waals surface area contributed by atoms with Gasteiger partial charge in [-0.15, -0.1) is 0 Å². The second-order valence-electron chi connectivity index (χ2n) is 4.93. The third-order valence-corrected chi connectivity index (χ3v) is 3.73. The van der Waals surface area contributed by atoms with Gasteiger partial charge in [-0.05, 0) is 51.4 Å². The van der Waals surface area contributed by atoms with Gasteiger partial charge in [0.15, 0.2) is 0 Å². The summed E-state index contributed by atoms with van der Waals surface area (Å²) in [6.45, 7) is 6.75. The standard InChI is InChI=1S/C14H20BrNO/c1-11(2)16-8-4-7-14(10-16)17-13-6-3-5-12(15)9-13/h3,5-6,9,11,14H,4,7-8,10H2,1-2H3. The number of likely N-dealkylation sites (tertiary alicyclic amines) is 1. The van der Waals surface area contributed by atoms with E-state index in [1.54, 1.807) is 0 Å². The van der Waals surface area contributed by atoms with Crippen molar-refractivity contribution in [2.45, 2.75) is 38.8 Å². The Kier molecular flexibility index (Phi) is 4.46. The molecular weight excluding hydrogens is 278 g/mol. The minimum Gasteiger partial charge on any atom is -0.489 e. The van der Waals surface area contributed by atoms with E-state index in [4.69, 9.17) is 4.74 Å². The predicted molar refractivity (Wildman–Crippen MR) is 74.5 cm³/mol.